The van der Waals surface area contributed by atoms with Crippen LogP contribution in [-0.2, 0) is 19.6 Å². The van der Waals surface area contributed by atoms with Gasteiger partial charge in [0.2, 0.25) is 11.9 Å². The number of benzene rings is 2. The number of para-hydroxylation sites is 1. The quantitative estimate of drug-likeness (QED) is 0.584. The highest BCUT2D eigenvalue weighted by Crippen LogP contribution is 2.28. The number of nitrogens with zero attached hydrogens (tertiary/aromatic N) is 4. The van der Waals surface area contributed by atoms with E-state index >= 15 is 0 Å². The largest absolute Gasteiger partial charge is 0.573 e. The highest BCUT2D eigenvalue weighted by atomic mass is 19.4. The van der Waals surface area contributed by atoms with Gasteiger partial charge in [-0.15, -0.1) is 13.2 Å². The molecule has 0 atom stereocenters. The third-order valence-corrected chi connectivity index (χ3v) is 5.07. The van der Waals surface area contributed by atoms with Crippen molar-refractivity contribution in [2.75, 3.05) is 17.3 Å². The number of aromatic nitrogens is 3. The van der Waals surface area contributed by atoms with E-state index in [0.717, 1.165) is 11.1 Å². The van der Waals surface area contributed by atoms with Gasteiger partial charge in [-0.2, -0.15) is 15.0 Å². The maximum atomic E-state index is 12.7. The maximum Gasteiger partial charge on any atom is 0.573 e. The van der Waals surface area contributed by atoms with Crippen LogP contribution >= 0.6 is 0 Å². The average molecular weight is 458 g/mol. The molecule has 1 aromatic heterocycles. The van der Waals surface area contributed by atoms with E-state index in [4.69, 9.17) is 0 Å². The van der Waals surface area contributed by atoms with E-state index in [1.807, 2.05) is 11.0 Å². The molecule has 33 heavy (non-hydrogen) atoms. The fourth-order valence-electron chi connectivity index (χ4n) is 3.55. The van der Waals surface area contributed by atoms with Crippen LogP contribution in [0.25, 0.3) is 0 Å². The summed E-state index contributed by atoms with van der Waals surface area (Å²) in [6.45, 7) is 2.79. The van der Waals surface area contributed by atoms with Crippen LogP contribution < -0.4 is 20.3 Å². The molecule has 1 aliphatic heterocycles. The molecule has 1 amide bonds. The molecule has 0 fully saturated rings. The Bertz CT molecular complexity index is 1190. The third kappa shape index (κ3) is 5.30. The number of amides is 1. The number of nitrogens with one attached hydrogen (secondary N) is 2. The van der Waals surface area contributed by atoms with Gasteiger partial charge in [-0.05, 0) is 36.2 Å². The third-order valence-electron chi connectivity index (χ3n) is 5.07. The van der Waals surface area contributed by atoms with Gasteiger partial charge in [0.1, 0.15) is 11.6 Å². The smallest absolute Gasteiger partial charge is 0.405 e. The summed E-state index contributed by atoms with van der Waals surface area (Å²) < 4.78 is 41.8. The second-order valence-corrected chi connectivity index (χ2v) is 7.43. The van der Waals surface area contributed by atoms with E-state index in [0.29, 0.717) is 36.4 Å². The average Bonchev–Trinajstić information content (AvgIpc) is 3.20. The standard InChI is InChI=1S/C22H21F3N6O2/c1-13-28-20(26-2)30-21(29-13)31-11-16-8-7-14(9-17(16)12-31)19(32)27-10-15-5-3-4-6-18(15)33-22(23,24)25/h3-9H,10-12H2,1-2H3,(H,27,32)(H,26,28,29,30). The highest BCUT2D eigenvalue weighted by molar-refractivity contribution is 5.94. The molecule has 1 aliphatic rings. The highest BCUT2D eigenvalue weighted by Gasteiger charge is 2.32. The van der Waals surface area contributed by atoms with Crippen LogP contribution in [0.1, 0.15) is 32.9 Å². The zero-order valence-corrected chi connectivity index (χ0v) is 17.9. The van der Waals surface area contributed by atoms with E-state index in [-0.39, 0.29) is 17.9 Å². The number of carbonyl (C=O) groups is 1. The summed E-state index contributed by atoms with van der Waals surface area (Å²) in [4.78, 5) is 27.6. The van der Waals surface area contributed by atoms with Gasteiger partial charge >= 0.3 is 6.36 Å². The first-order chi connectivity index (χ1) is 15.7. The van der Waals surface area contributed by atoms with Gasteiger partial charge in [-0.3, -0.25) is 4.79 Å². The fraction of sp³-hybridized carbons (Fsp3) is 0.273. The second-order valence-electron chi connectivity index (χ2n) is 7.43. The van der Waals surface area contributed by atoms with Crippen LogP contribution in [0.4, 0.5) is 25.1 Å². The number of carbonyl (C=O) groups excluding carboxylic acids is 1. The van der Waals surface area contributed by atoms with Crippen molar-refractivity contribution in [2.24, 2.45) is 0 Å². The lowest BCUT2D eigenvalue weighted by molar-refractivity contribution is -0.274. The van der Waals surface area contributed by atoms with Crippen LogP contribution in [0.3, 0.4) is 0 Å². The van der Waals surface area contributed by atoms with E-state index in [2.05, 4.69) is 30.3 Å². The number of aryl methyl sites for hydroxylation is 1. The van der Waals surface area contributed by atoms with E-state index in [9.17, 15) is 18.0 Å². The van der Waals surface area contributed by atoms with Gasteiger partial charge in [-0.25, -0.2) is 0 Å². The molecule has 0 radical (unpaired) electrons. The molecule has 0 spiro atoms. The van der Waals surface area contributed by atoms with Crippen molar-refractivity contribution in [1.82, 2.24) is 20.3 Å². The van der Waals surface area contributed by atoms with E-state index in [1.54, 1.807) is 32.2 Å². The lowest BCUT2D eigenvalue weighted by Crippen LogP contribution is -2.24. The zero-order chi connectivity index (χ0) is 23.6. The number of halogens is 3. The molecule has 172 valence electrons. The molecule has 0 saturated carbocycles. The summed E-state index contributed by atoms with van der Waals surface area (Å²) in [6.07, 6.45) is -4.81. The number of fused-ring (bicyclic) bond motifs is 1. The number of alkyl halides is 3. The predicted octanol–water partition coefficient (Wildman–Crippen LogP) is 3.57. The summed E-state index contributed by atoms with van der Waals surface area (Å²) in [5.74, 6) is 0.865. The molecule has 2 N–H and O–H groups in total. The van der Waals surface area contributed by atoms with Crippen molar-refractivity contribution in [3.63, 3.8) is 0 Å². The lowest BCUT2D eigenvalue weighted by atomic mass is 10.1. The zero-order valence-electron chi connectivity index (χ0n) is 17.9. The first-order valence-corrected chi connectivity index (χ1v) is 10.1. The molecular weight excluding hydrogens is 437 g/mol. The molecule has 2 heterocycles. The van der Waals surface area contributed by atoms with Gasteiger partial charge in [0.25, 0.3) is 5.91 Å². The van der Waals surface area contributed by atoms with Crippen LogP contribution in [0.15, 0.2) is 42.5 Å². The minimum Gasteiger partial charge on any atom is -0.405 e. The fourth-order valence-corrected chi connectivity index (χ4v) is 3.55. The molecule has 11 heteroatoms. The topological polar surface area (TPSA) is 92.3 Å². The Morgan fingerprint density at radius 3 is 2.61 bits per heavy atom. The Kier molecular flexibility index (Phi) is 6.03. The summed E-state index contributed by atoms with van der Waals surface area (Å²) in [5.41, 5.74) is 2.63. The molecule has 0 bridgehead atoms. The van der Waals surface area contributed by atoms with E-state index in [1.165, 1.54) is 18.2 Å². The number of anilines is 2. The number of hydrogen-bond acceptors (Lipinski definition) is 7. The summed E-state index contributed by atoms with van der Waals surface area (Å²) in [7, 11) is 1.73. The monoisotopic (exact) mass is 458 g/mol. The maximum absolute atomic E-state index is 12.7. The predicted molar refractivity (Wildman–Crippen MR) is 115 cm³/mol. The Morgan fingerprint density at radius 1 is 1.09 bits per heavy atom. The van der Waals surface area contributed by atoms with Crippen LogP contribution in [-0.4, -0.2) is 34.3 Å². The van der Waals surface area contributed by atoms with Crippen LogP contribution in [0.2, 0.25) is 0 Å². The SMILES string of the molecule is CNc1nc(C)nc(N2Cc3ccc(C(=O)NCc4ccccc4OC(F)(F)F)cc3C2)n1. The minimum atomic E-state index is -4.81. The number of hydrogen-bond donors (Lipinski definition) is 2. The first kappa shape index (κ1) is 22.3. The second kappa shape index (κ2) is 8.93. The minimum absolute atomic E-state index is 0.106. The van der Waals surface area contributed by atoms with Crippen LogP contribution in [0.5, 0.6) is 5.75 Å². The molecule has 2 aromatic carbocycles. The normalized spacial score (nSPS) is 12.9. The van der Waals surface area contributed by atoms with Gasteiger partial charge in [0.05, 0.1) is 0 Å². The number of rotatable bonds is 6. The molecule has 3 aromatic rings. The molecule has 0 saturated heterocycles. The van der Waals surface area contributed by atoms with Gasteiger partial charge in [0.15, 0.2) is 0 Å². The van der Waals surface area contributed by atoms with Gasteiger partial charge in [0, 0.05) is 37.8 Å². The summed E-state index contributed by atoms with van der Waals surface area (Å²) >= 11 is 0. The van der Waals surface area contributed by atoms with Crippen molar-refractivity contribution in [3.05, 3.63) is 70.5 Å². The lowest BCUT2D eigenvalue weighted by Gasteiger charge is -2.16. The molecule has 0 aliphatic carbocycles. The van der Waals surface area contributed by atoms with E-state index < -0.39 is 12.3 Å². The Labute approximate surface area is 187 Å². The van der Waals surface area contributed by atoms with Gasteiger partial charge < -0.3 is 20.3 Å². The van der Waals surface area contributed by atoms with Crippen molar-refractivity contribution in [2.45, 2.75) is 32.9 Å². The summed E-state index contributed by atoms with van der Waals surface area (Å²) in [5, 5.41) is 5.56. The molecule has 4 rings (SSSR count). The van der Waals surface area contributed by atoms with Crippen molar-refractivity contribution < 1.29 is 22.7 Å². The summed E-state index contributed by atoms with van der Waals surface area (Å²) in [6, 6.07) is 11.0. The Morgan fingerprint density at radius 2 is 1.85 bits per heavy atom. The number of ether oxygens (including phenoxy) is 1. The Hall–Kier alpha value is -3.89. The van der Waals surface area contributed by atoms with Crippen molar-refractivity contribution >= 4 is 17.8 Å². The first-order valence-electron chi connectivity index (χ1n) is 10.1. The molecule has 8 nitrogen and oxygen atoms in total. The van der Waals surface area contributed by atoms with Crippen molar-refractivity contribution in [1.29, 1.82) is 0 Å². The van der Waals surface area contributed by atoms with Gasteiger partial charge in [-0.1, -0.05) is 24.3 Å². The van der Waals surface area contributed by atoms with Crippen LogP contribution in [0, 0.1) is 6.92 Å². The Balaban J connectivity index is 1.45. The molecular formula is C22H21F3N6O2. The van der Waals surface area contributed by atoms with Crippen molar-refractivity contribution in [3.8, 4) is 5.75 Å². The molecule has 0 unspecified atom stereocenters.